The van der Waals surface area contributed by atoms with Crippen LogP contribution >= 0.6 is 0 Å². The van der Waals surface area contributed by atoms with Gasteiger partial charge in [-0.2, -0.15) is 0 Å². The number of rotatable bonds is 4. The molecule has 3 unspecified atom stereocenters. The Balaban J connectivity index is 1.70. The van der Waals surface area contributed by atoms with Crippen LogP contribution in [0.2, 0.25) is 0 Å². The van der Waals surface area contributed by atoms with Crippen molar-refractivity contribution in [3.05, 3.63) is 0 Å². The van der Waals surface area contributed by atoms with Crippen LogP contribution in [0.3, 0.4) is 0 Å². The first-order valence-electron chi connectivity index (χ1n) is 6.80. The molecule has 0 bridgehead atoms. The van der Waals surface area contributed by atoms with Gasteiger partial charge in [0.25, 0.3) is 0 Å². The summed E-state index contributed by atoms with van der Waals surface area (Å²) in [6, 6.07) is 0.553. The molecular formula is C13H25NO2. The third-order valence-electron chi connectivity index (χ3n) is 3.84. The summed E-state index contributed by atoms with van der Waals surface area (Å²) in [5, 5.41) is 3.38. The Morgan fingerprint density at radius 3 is 2.69 bits per heavy atom. The van der Waals surface area contributed by atoms with Crippen molar-refractivity contribution in [1.82, 2.24) is 5.32 Å². The Bertz CT molecular complexity index is 192. The van der Waals surface area contributed by atoms with Crippen LogP contribution in [0.15, 0.2) is 0 Å². The molecule has 1 aliphatic carbocycles. The fourth-order valence-corrected chi connectivity index (χ4v) is 2.80. The summed E-state index contributed by atoms with van der Waals surface area (Å²) in [4.78, 5) is 0. The highest BCUT2D eigenvalue weighted by molar-refractivity contribution is 4.81. The first kappa shape index (κ1) is 12.3. The Hall–Kier alpha value is -0.120. The van der Waals surface area contributed by atoms with E-state index in [-0.39, 0.29) is 0 Å². The second kappa shape index (κ2) is 6.58. The lowest BCUT2D eigenvalue weighted by Crippen LogP contribution is -2.43. The van der Waals surface area contributed by atoms with E-state index in [9.17, 15) is 0 Å². The highest BCUT2D eigenvalue weighted by Gasteiger charge is 2.25. The molecule has 1 saturated carbocycles. The molecular weight excluding hydrogens is 202 g/mol. The van der Waals surface area contributed by atoms with Gasteiger partial charge in [-0.25, -0.2) is 0 Å². The van der Waals surface area contributed by atoms with E-state index in [0.29, 0.717) is 18.2 Å². The van der Waals surface area contributed by atoms with Gasteiger partial charge in [-0.15, -0.1) is 0 Å². The zero-order chi connectivity index (χ0) is 11.2. The van der Waals surface area contributed by atoms with Crippen molar-refractivity contribution >= 4 is 0 Å². The Morgan fingerprint density at radius 1 is 1.12 bits per heavy atom. The van der Waals surface area contributed by atoms with E-state index in [1.165, 1.54) is 44.9 Å². The van der Waals surface area contributed by atoms with E-state index in [0.717, 1.165) is 13.2 Å². The molecule has 1 heterocycles. The normalized spacial score (nSPS) is 36.2. The quantitative estimate of drug-likeness (QED) is 0.798. The predicted octanol–water partition coefficient (Wildman–Crippen LogP) is 2.10. The van der Waals surface area contributed by atoms with Crippen LogP contribution in [0, 0.1) is 0 Å². The van der Waals surface area contributed by atoms with Crippen molar-refractivity contribution in [2.24, 2.45) is 0 Å². The van der Waals surface area contributed by atoms with E-state index < -0.39 is 0 Å². The third-order valence-corrected chi connectivity index (χ3v) is 3.84. The molecule has 3 atom stereocenters. The SMILES string of the molecule is CNC1CCCCC1OCC1CCCCO1. The maximum absolute atomic E-state index is 6.04. The monoisotopic (exact) mass is 227 g/mol. The average molecular weight is 227 g/mol. The van der Waals surface area contributed by atoms with Crippen LogP contribution in [0.4, 0.5) is 0 Å². The van der Waals surface area contributed by atoms with Gasteiger partial charge in [-0.3, -0.25) is 0 Å². The summed E-state index contributed by atoms with van der Waals surface area (Å²) >= 11 is 0. The van der Waals surface area contributed by atoms with Crippen LogP contribution in [0.25, 0.3) is 0 Å². The summed E-state index contributed by atoms with van der Waals surface area (Å²) in [6.45, 7) is 1.72. The second-order valence-corrected chi connectivity index (χ2v) is 5.04. The molecule has 1 saturated heterocycles. The topological polar surface area (TPSA) is 30.5 Å². The molecule has 0 amide bonds. The van der Waals surface area contributed by atoms with Gasteiger partial charge < -0.3 is 14.8 Å². The standard InChI is InChI=1S/C13H25NO2/c1-14-12-7-2-3-8-13(12)16-10-11-6-4-5-9-15-11/h11-14H,2-10H2,1H3. The third kappa shape index (κ3) is 3.44. The first-order chi connectivity index (χ1) is 7.90. The smallest absolute Gasteiger partial charge is 0.0808 e. The lowest BCUT2D eigenvalue weighted by Gasteiger charge is -2.33. The van der Waals surface area contributed by atoms with Crippen molar-refractivity contribution in [2.45, 2.75) is 63.2 Å². The molecule has 0 radical (unpaired) electrons. The summed E-state index contributed by atoms with van der Waals surface area (Å²) < 4.78 is 11.7. The van der Waals surface area contributed by atoms with Gasteiger partial charge in [-0.05, 0) is 39.2 Å². The maximum atomic E-state index is 6.04. The first-order valence-corrected chi connectivity index (χ1v) is 6.80. The van der Waals surface area contributed by atoms with E-state index in [4.69, 9.17) is 9.47 Å². The molecule has 1 N–H and O–H groups in total. The minimum Gasteiger partial charge on any atom is -0.376 e. The lowest BCUT2D eigenvalue weighted by atomic mass is 9.92. The fraction of sp³-hybridized carbons (Fsp3) is 1.00. The summed E-state index contributed by atoms with van der Waals surface area (Å²) in [6.07, 6.45) is 9.58. The molecule has 3 nitrogen and oxygen atoms in total. The van der Waals surface area contributed by atoms with E-state index in [1.54, 1.807) is 0 Å². The van der Waals surface area contributed by atoms with Gasteiger partial charge in [0, 0.05) is 12.6 Å². The van der Waals surface area contributed by atoms with Crippen molar-refractivity contribution in [1.29, 1.82) is 0 Å². The van der Waals surface area contributed by atoms with Crippen molar-refractivity contribution in [2.75, 3.05) is 20.3 Å². The summed E-state index contributed by atoms with van der Waals surface area (Å²) in [5.41, 5.74) is 0. The predicted molar refractivity (Wildman–Crippen MR) is 64.6 cm³/mol. The van der Waals surface area contributed by atoms with Gasteiger partial charge in [-0.1, -0.05) is 12.8 Å². The van der Waals surface area contributed by atoms with Crippen LogP contribution in [0.1, 0.15) is 44.9 Å². The van der Waals surface area contributed by atoms with Gasteiger partial charge in [0.1, 0.15) is 0 Å². The molecule has 0 spiro atoms. The number of ether oxygens (including phenoxy) is 2. The van der Waals surface area contributed by atoms with Crippen LogP contribution in [-0.2, 0) is 9.47 Å². The number of likely N-dealkylation sites (N-methyl/N-ethyl adjacent to an activating group) is 1. The summed E-state index contributed by atoms with van der Waals surface area (Å²) in [5.74, 6) is 0. The minimum atomic E-state index is 0.355. The minimum absolute atomic E-state index is 0.355. The van der Waals surface area contributed by atoms with Gasteiger partial charge in [0.2, 0.25) is 0 Å². The van der Waals surface area contributed by atoms with Gasteiger partial charge in [0.15, 0.2) is 0 Å². The van der Waals surface area contributed by atoms with Crippen molar-refractivity contribution < 1.29 is 9.47 Å². The van der Waals surface area contributed by atoms with Gasteiger partial charge >= 0.3 is 0 Å². The van der Waals surface area contributed by atoms with E-state index in [1.807, 2.05) is 7.05 Å². The Morgan fingerprint density at radius 2 is 1.94 bits per heavy atom. The summed E-state index contributed by atoms with van der Waals surface area (Å²) in [7, 11) is 2.05. The number of hydrogen-bond donors (Lipinski definition) is 1. The lowest BCUT2D eigenvalue weighted by molar-refractivity contribution is -0.0770. The number of hydrogen-bond acceptors (Lipinski definition) is 3. The molecule has 0 aromatic heterocycles. The highest BCUT2D eigenvalue weighted by atomic mass is 16.5. The van der Waals surface area contributed by atoms with E-state index in [2.05, 4.69) is 5.32 Å². The second-order valence-electron chi connectivity index (χ2n) is 5.04. The van der Waals surface area contributed by atoms with Crippen LogP contribution < -0.4 is 5.32 Å². The molecule has 2 fully saturated rings. The Kier molecular flexibility index (Phi) is 5.07. The zero-order valence-corrected chi connectivity index (χ0v) is 10.4. The molecule has 0 aromatic carbocycles. The van der Waals surface area contributed by atoms with Crippen LogP contribution in [-0.4, -0.2) is 38.5 Å². The Labute approximate surface area is 98.9 Å². The van der Waals surface area contributed by atoms with E-state index >= 15 is 0 Å². The molecule has 2 aliphatic rings. The number of nitrogens with one attached hydrogen (secondary N) is 1. The fourth-order valence-electron chi connectivity index (χ4n) is 2.80. The molecule has 3 heteroatoms. The molecule has 0 aromatic rings. The molecule has 94 valence electrons. The zero-order valence-electron chi connectivity index (χ0n) is 10.4. The average Bonchev–Trinajstić information content (AvgIpc) is 2.38. The molecule has 2 rings (SSSR count). The van der Waals surface area contributed by atoms with Crippen LogP contribution in [0.5, 0.6) is 0 Å². The van der Waals surface area contributed by atoms with Gasteiger partial charge in [0.05, 0.1) is 18.8 Å². The molecule has 1 aliphatic heterocycles. The van der Waals surface area contributed by atoms with Crippen molar-refractivity contribution in [3.8, 4) is 0 Å². The van der Waals surface area contributed by atoms with Crippen molar-refractivity contribution in [3.63, 3.8) is 0 Å². The maximum Gasteiger partial charge on any atom is 0.0808 e. The molecule has 16 heavy (non-hydrogen) atoms. The highest BCUT2D eigenvalue weighted by Crippen LogP contribution is 2.22. The largest absolute Gasteiger partial charge is 0.376 e.